The molecular weight excluding hydrogens is 318 g/mol. The molecule has 0 spiro atoms. The summed E-state index contributed by atoms with van der Waals surface area (Å²) < 4.78 is 9.08. The Kier molecular flexibility index (Phi) is 4.52. The Morgan fingerprint density at radius 2 is 1.91 bits per heavy atom. The first-order valence-electron chi connectivity index (χ1n) is 7.16. The molecule has 8 nitrogen and oxygen atoms in total. The van der Waals surface area contributed by atoms with Gasteiger partial charge in [0.25, 0.3) is 0 Å². The molecule has 120 valence electrons. The van der Waals surface area contributed by atoms with Crippen LogP contribution in [0, 0.1) is 0 Å². The zero-order valence-electron chi connectivity index (χ0n) is 12.8. The molecule has 3 aromatic rings. The summed E-state index contributed by atoms with van der Waals surface area (Å²) in [5, 5.41) is 20.5. The third kappa shape index (κ3) is 3.84. The molecule has 9 heteroatoms. The van der Waals surface area contributed by atoms with Crippen molar-refractivity contribution in [3.63, 3.8) is 0 Å². The van der Waals surface area contributed by atoms with Crippen molar-refractivity contribution < 1.29 is 4.74 Å². The fourth-order valence-corrected chi connectivity index (χ4v) is 2.16. The number of ether oxygens (including phenoxy) is 1. The monoisotopic (exact) mass is 333 g/mol. The molecule has 0 saturated heterocycles. The molecule has 0 bridgehead atoms. The van der Waals surface area contributed by atoms with Crippen LogP contribution in [0.3, 0.4) is 0 Å². The van der Waals surface area contributed by atoms with E-state index in [1.54, 1.807) is 21.5 Å². The minimum Gasteiger partial charge on any atom is -0.487 e. The minimum absolute atomic E-state index is 0.191. The van der Waals surface area contributed by atoms with E-state index in [1.807, 2.05) is 32.2 Å². The molecule has 0 aliphatic carbocycles. The Balaban J connectivity index is 1.61. The van der Waals surface area contributed by atoms with E-state index in [9.17, 15) is 0 Å². The molecule has 2 heterocycles. The van der Waals surface area contributed by atoms with Crippen molar-refractivity contribution in [2.75, 3.05) is 0 Å². The van der Waals surface area contributed by atoms with Gasteiger partial charge in [-0.05, 0) is 48.5 Å². The molecule has 23 heavy (non-hydrogen) atoms. The van der Waals surface area contributed by atoms with E-state index in [0.29, 0.717) is 18.2 Å². The van der Waals surface area contributed by atoms with Gasteiger partial charge in [-0.3, -0.25) is 0 Å². The third-order valence-electron chi connectivity index (χ3n) is 3.14. The molecule has 0 radical (unpaired) electrons. The maximum absolute atomic E-state index is 5.84. The van der Waals surface area contributed by atoms with Gasteiger partial charge in [0.05, 0.1) is 12.2 Å². The van der Waals surface area contributed by atoms with Crippen molar-refractivity contribution >= 4 is 11.6 Å². The number of halogens is 1. The average Bonchev–Trinajstić information content (AvgIpc) is 3.16. The molecule has 1 aromatic carbocycles. The summed E-state index contributed by atoms with van der Waals surface area (Å²) in [4.78, 5) is 0. The van der Waals surface area contributed by atoms with Gasteiger partial charge in [0.15, 0.2) is 5.82 Å². The first-order chi connectivity index (χ1) is 11.1. The quantitative estimate of drug-likeness (QED) is 0.687. The molecule has 0 aliphatic rings. The number of hydrogen-bond donors (Lipinski definition) is 0. The summed E-state index contributed by atoms with van der Waals surface area (Å²) >= 11 is 5.84. The van der Waals surface area contributed by atoms with Gasteiger partial charge >= 0.3 is 0 Å². The molecule has 3 rings (SSSR count). The molecule has 0 amide bonds. The maximum Gasteiger partial charge on any atom is 0.173 e. The predicted octanol–water partition coefficient (Wildman–Crippen LogP) is 2.13. The van der Waals surface area contributed by atoms with Crippen molar-refractivity contribution in [1.29, 1.82) is 0 Å². The van der Waals surface area contributed by atoms with Gasteiger partial charge in [0, 0.05) is 5.02 Å². The van der Waals surface area contributed by atoms with Gasteiger partial charge in [-0.25, -0.2) is 9.36 Å². The Hall–Kier alpha value is -2.48. The number of aromatic nitrogens is 7. The number of rotatable bonds is 6. The van der Waals surface area contributed by atoms with Gasteiger partial charge in [0.1, 0.15) is 24.6 Å². The van der Waals surface area contributed by atoms with Crippen LogP contribution in [0.1, 0.15) is 31.4 Å². The lowest BCUT2D eigenvalue weighted by Crippen LogP contribution is -2.12. The highest BCUT2D eigenvalue weighted by atomic mass is 35.5. The van der Waals surface area contributed by atoms with E-state index >= 15 is 0 Å². The van der Waals surface area contributed by atoms with Crippen LogP contribution in [0.4, 0.5) is 0 Å². The van der Waals surface area contributed by atoms with Crippen LogP contribution in [0.5, 0.6) is 5.75 Å². The lowest BCUT2D eigenvalue weighted by Gasteiger charge is -2.06. The summed E-state index contributed by atoms with van der Waals surface area (Å²) in [6.45, 7) is 4.83. The first-order valence-corrected chi connectivity index (χ1v) is 7.54. The van der Waals surface area contributed by atoms with E-state index < -0.39 is 0 Å². The largest absolute Gasteiger partial charge is 0.487 e. The van der Waals surface area contributed by atoms with Gasteiger partial charge in [-0.1, -0.05) is 16.8 Å². The number of benzene rings is 1. The maximum atomic E-state index is 5.84. The van der Waals surface area contributed by atoms with Gasteiger partial charge in [-0.2, -0.15) is 0 Å². The highest BCUT2D eigenvalue weighted by molar-refractivity contribution is 6.30. The summed E-state index contributed by atoms with van der Waals surface area (Å²) in [6.07, 6.45) is 1.81. The van der Waals surface area contributed by atoms with Crippen LogP contribution in [-0.2, 0) is 13.2 Å². The molecule has 0 saturated carbocycles. The Bertz CT molecular complexity index is 766. The number of tetrazole rings is 1. The standard InChI is InChI=1S/C14H16ClN7O/c1-10(2)22-14(17-18-20-22)8-21-7-12(16-19-21)9-23-13-5-3-11(15)4-6-13/h3-7,10H,8-9H2,1-2H3. The summed E-state index contributed by atoms with van der Waals surface area (Å²) in [5.41, 5.74) is 0.725. The first kappa shape index (κ1) is 15.4. The fourth-order valence-electron chi connectivity index (χ4n) is 2.03. The number of nitrogens with zero attached hydrogens (tertiary/aromatic N) is 7. The van der Waals surface area contributed by atoms with Crippen LogP contribution in [0.2, 0.25) is 5.02 Å². The summed E-state index contributed by atoms with van der Waals surface area (Å²) in [5.74, 6) is 1.46. The summed E-state index contributed by atoms with van der Waals surface area (Å²) in [7, 11) is 0. The smallest absolute Gasteiger partial charge is 0.173 e. The lowest BCUT2D eigenvalue weighted by atomic mass is 10.3. The second kappa shape index (κ2) is 6.74. The predicted molar refractivity (Wildman–Crippen MR) is 83.1 cm³/mol. The van der Waals surface area contributed by atoms with Crippen molar-refractivity contribution in [3.05, 3.63) is 47.0 Å². The van der Waals surface area contributed by atoms with Crippen LogP contribution >= 0.6 is 11.6 Å². The van der Waals surface area contributed by atoms with E-state index in [1.165, 1.54) is 0 Å². The molecule has 0 unspecified atom stereocenters. The van der Waals surface area contributed by atoms with E-state index in [4.69, 9.17) is 16.3 Å². The zero-order chi connectivity index (χ0) is 16.2. The van der Waals surface area contributed by atoms with Crippen molar-refractivity contribution in [1.82, 2.24) is 35.2 Å². The topological polar surface area (TPSA) is 83.5 Å². The molecule has 0 N–H and O–H groups in total. The van der Waals surface area contributed by atoms with E-state index in [2.05, 4.69) is 25.8 Å². The molecule has 2 aromatic heterocycles. The normalized spacial score (nSPS) is 11.1. The Morgan fingerprint density at radius 1 is 1.13 bits per heavy atom. The molecular formula is C14H16ClN7O. The van der Waals surface area contributed by atoms with Gasteiger partial charge < -0.3 is 4.74 Å². The second-order valence-corrected chi connectivity index (χ2v) is 5.72. The van der Waals surface area contributed by atoms with Gasteiger partial charge in [0.2, 0.25) is 0 Å². The second-order valence-electron chi connectivity index (χ2n) is 5.28. The van der Waals surface area contributed by atoms with Gasteiger partial charge in [-0.15, -0.1) is 10.2 Å². The fraction of sp³-hybridized carbons (Fsp3) is 0.357. The van der Waals surface area contributed by atoms with Crippen molar-refractivity contribution in [2.45, 2.75) is 33.0 Å². The Morgan fingerprint density at radius 3 is 2.65 bits per heavy atom. The summed E-state index contributed by atoms with van der Waals surface area (Å²) in [6, 6.07) is 7.36. The van der Waals surface area contributed by atoms with Crippen molar-refractivity contribution in [2.24, 2.45) is 0 Å². The number of hydrogen-bond acceptors (Lipinski definition) is 6. The molecule has 0 aliphatic heterocycles. The Labute approximate surface area is 138 Å². The van der Waals surface area contributed by atoms with Crippen LogP contribution in [0.15, 0.2) is 30.5 Å². The third-order valence-corrected chi connectivity index (χ3v) is 3.39. The molecule has 0 atom stereocenters. The SMILES string of the molecule is CC(C)n1nnnc1Cn1cc(COc2ccc(Cl)cc2)nn1. The van der Waals surface area contributed by atoms with Crippen LogP contribution in [0.25, 0.3) is 0 Å². The average molecular weight is 334 g/mol. The van der Waals surface area contributed by atoms with Crippen molar-refractivity contribution in [3.8, 4) is 5.75 Å². The van der Waals surface area contributed by atoms with E-state index in [0.717, 1.165) is 17.3 Å². The molecule has 0 fully saturated rings. The highest BCUT2D eigenvalue weighted by Gasteiger charge is 2.11. The van der Waals surface area contributed by atoms with E-state index in [-0.39, 0.29) is 6.04 Å². The minimum atomic E-state index is 0.191. The highest BCUT2D eigenvalue weighted by Crippen LogP contribution is 2.16. The lowest BCUT2D eigenvalue weighted by molar-refractivity contribution is 0.301. The zero-order valence-corrected chi connectivity index (χ0v) is 13.6. The van der Waals surface area contributed by atoms with Crippen LogP contribution in [-0.4, -0.2) is 35.2 Å². The van der Waals surface area contributed by atoms with Crippen LogP contribution < -0.4 is 4.74 Å².